The number of allylic oxidation sites excluding steroid dienone is 2. The monoisotopic (exact) mass is 434 g/mol. The first-order chi connectivity index (χ1) is 13.6. The van der Waals surface area contributed by atoms with E-state index in [9.17, 15) is 4.79 Å². The Balaban J connectivity index is 1.66. The van der Waals surface area contributed by atoms with Gasteiger partial charge in [0.15, 0.2) is 11.6 Å². The number of halogens is 1. The fourth-order valence-electron chi connectivity index (χ4n) is 3.93. The summed E-state index contributed by atoms with van der Waals surface area (Å²) in [6.07, 6.45) is 2.32. The van der Waals surface area contributed by atoms with Crippen molar-refractivity contribution in [2.24, 2.45) is 0 Å². The molecule has 2 aromatic carbocycles. The maximum Gasteiger partial charge on any atom is 0.226 e. The van der Waals surface area contributed by atoms with Crippen LogP contribution < -0.4 is 5.32 Å². The zero-order chi connectivity index (χ0) is 19.3. The number of ketones is 1. The molecule has 3 aromatic rings. The van der Waals surface area contributed by atoms with Crippen molar-refractivity contribution in [3.63, 3.8) is 0 Å². The minimum Gasteiger partial charge on any atom is -0.328 e. The molecule has 1 unspecified atom stereocenters. The van der Waals surface area contributed by atoms with Crippen LogP contribution in [0.4, 0.5) is 5.95 Å². The highest BCUT2D eigenvalue weighted by Crippen LogP contribution is 2.40. The van der Waals surface area contributed by atoms with Gasteiger partial charge in [0.25, 0.3) is 0 Å². The molecule has 0 saturated carbocycles. The quantitative estimate of drug-likeness (QED) is 0.613. The first-order valence-corrected chi connectivity index (χ1v) is 10.2. The van der Waals surface area contributed by atoms with Gasteiger partial charge in [-0.2, -0.15) is 4.98 Å². The number of nitrogens with zero attached hydrogens (tertiary/aromatic N) is 3. The van der Waals surface area contributed by atoms with Crippen molar-refractivity contribution in [2.45, 2.75) is 32.2 Å². The summed E-state index contributed by atoms with van der Waals surface area (Å²) < 4.78 is 2.87. The van der Waals surface area contributed by atoms with Gasteiger partial charge in [-0.15, -0.1) is 5.10 Å². The lowest BCUT2D eigenvalue weighted by Gasteiger charge is -2.32. The zero-order valence-corrected chi connectivity index (χ0v) is 17.0. The number of nitrogens with one attached hydrogen (secondary N) is 1. The maximum atomic E-state index is 12.8. The van der Waals surface area contributed by atoms with E-state index < -0.39 is 0 Å². The number of aryl methyl sites for hydroxylation is 1. The molecule has 0 radical (unpaired) electrons. The Morgan fingerprint density at radius 2 is 1.82 bits per heavy atom. The lowest BCUT2D eigenvalue weighted by Crippen LogP contribution is -2.31. The lowest BCUT2D eigenvalue weighted by molar-refractivity contribution is -0.116. The molecule has 1 aromatic heterocycles. The molecule has 1 aliphatic carbocycles. The van der Waals surface area contributed by atoms with Gasteiger partial charge in [0.2, 0.25) is 5.95 Å². The molecule has 5 nitrogen and oxygen atoms in total. The average Bonchev–Trinajstić information content (AvgIpc) is 3.11. The summed E-state index contributed by atoms with van der Waals surface area (Å²) >= 11 is 3.50. The minimum atomic E-state index is -0.251. The molecule has 1 N–H and O–H groups in total. The minimum absolute atomic E-state index is 0.194. The molecule has 0 amide bonds. The molecule has 6 heteroatoms. The molecule has 1 aliphatic heterocycles. The van der Waals surface area contributed by atoms with Crippen LogP contribution in [-0.2, 0) is 4.79 Å². The Morgan fingerprint density at radius 3 is 2.57 bits per heavy atom. The van der Waals surface area contributed by atoms with E-state index in [2.05, 4.69) is 40.3 Å². The summed E-state index contributed by atoms with van der Waals surface area (Å²) in [5.41, 5.74) is 5.00. The third-order valence-corrected chi connectivity index (χ3v) is 5.89. The molecule has 140 valence electrons. The van der Waals surface area contributed by atoms with Crippen molar-refractivity contribution in [3.8, 4) is 11.4 Å². The second-order valence-electron chi connectivity index (χ2n) is 7.32. The molecule has 28 heavy (non-hydrogen) atoms. The van der Waals surface area contributed by atoms with Crippen molar-refractivity contribution in [3.05, 3.63) is 75.4 Å². The number of aromatic nitrogens is 3. The Morgan fingerprint density at radius 1 is 1.07 bits per heavy atom. The molecule has 2 aliphatic rings. The van der Waals surface area contributed by atoms with Gasteiger partial charge in [0.1, 0.15) is 6.04 Å². The Labute approximate surface area is 171 Å². The van der Waals surface area contributed by atoms with Crippen LogP contribution in [0.3, 0.4) is 0 Å². The molecule has 0 fully saturated rings. The summed E-state index contributed by atoms with van der Waals surface area (Å²) in [5.74, 6) is 1.55. The van der Waals surface area contributed by atoms with Gasteiger partial charge in [-0.3, -0.25) is 4.79 Å². The molecular formula is C22H19BrN4O. The second-order valence-corrected chi connectivity index (χ2v) is 8.23. The van der Waals surface area contributed by atoms with Gasteiger partial charge in [-0.05, 0) is 37.5 Å². The summed E-state index contributed by atoms with van der Waals surface area (Å²) in [4.78, 5) is 17.6. The zero-order valence-electron chi connectivity index (χ0n) is 15.4. The van der Waals surface area contributed by atoms with Crippen LogP contribution in [0.15, 0.2) is 64.3 Å². The van der Waals surface area contributed by atoms with Crippen LogP contribution in [0.1, 0.15) is 36.4 Å². The number of carbonyl (C=O) groups excluding carboxylic acids is 1. The van der Waals surface area contributed by atoms with E-state index in [-0.39, 0.29) is 11.8 Å². The number of hydrogen-bond acceptors (Lipinski definition) is 4. The Hall–Kier alpha value is -2.73. The van der Waals surface area contributed by atoms with Gasteiger partial charge < -0.3 is 5.32 Å². The summed E-state index contributed by atoms with van der Waals surface area (Å²) in [5, 5.41) is 8.18. The van der Waals surface area contributed by atoms with Crippen LogP contribution in [-0.4, -0.2) is 20.5 Å². The van der Waals surface area contributed by atoms with E-state index in [1.165, 1.54) is 5.56 Å². The SMILES string of the molecule is Cc1ccc(-c2nc3n(n2)C(c2ccc(Br)cc2)C2=C(CCCC2=O)N3)cc1. The van der Waals surface area contributed by atoms with Crippen LogP contribution in [0, 0.1) is 6.92 Å². The lowest BCUT2D eigenvalue weighted by atomic mass is 9.85. The molecular weight excluding hydrogens is 416 g/mol. The van der Waals surface area contributed by atoms with E-state index in [0.717, 1.165) is 39.7 Å². The maximum absolute atomic E-state index is 12.8. The van der Waals surface area contributed by atoms with Gasteiger partial charge in [-0.1, -0.05) is 57.9 Å². The number of rotatable bonds is 2. The summed E-state index contributed by atoms with van der Waals surface area (Å²) in [6.45, 7) is 2.06. The molecule has 0 spiro atoms. The number of Topliss-reactive ketones (excluding diaryl/α,β-unsaturated/α-hetero) is 1. The largest absolute Gasteiger partial charge is 0.328 e. The van der Waals surface area contributed by atoms with Gasteiger partial charge in [-0.25, -0.2) is 4.68 Å². The van der Waals surface area contributed by atoms with E-state index in [1.807, 2.05) is 41.1 Å². The summed E-state index contributed by atoms with van der Waals surface area (Å²) in [7, 11) is 0. The average molecular weight is 435 g/mol. The van der Waals surface area contributed by atoms with Crippen molar-refractivity contribution in [1.82, 2.24) is 14.8 Å². The normalized spacial score (nSPS) is 18.5. The van der Waals surface area contributed by atoms with Crippen molar-refractivity contribution in [2.75, 3.05) is 5.32 Å². The highest BCUT2D eigenvalue weighted by molar-refractivity contribution is 9.10. The molecule has 5 rings (SSSR count). The standard InChI is InChI=1S/C22H19BrN4O/c1-13-5-7-15(8-6-13)21-25-22-24-17-3-2-4-18(28)19(17)20(27(22)26-21)14-9-11-16(23)12-10-14/h5-12,20H,2-4H2,1H3,(H,24,25,26). The van der Waals surface area contributed by atoms with Crippen LogP contribution >= 0.6 is 15.9 Å². The first-order valence-electron chi connectivity index (χ1n) is 9.42. The highest BCUT2D eigenvalue weighted by Gasteiger charge is 2.36. The Bertz CT molecular complexity index is 1100. The van der Waals surface area contributed by atoms with E-state index in [1.54, 1.807) is 0 Å². The predicted octanol–water partition coefficient (Wildman–Crippen LogP) is 5.04. The first kappa shape index (κ1) is 17.4. The third-order valence-electron chi connectivity index (χ3n) is 5.36. The van der Waals surface area contributed by atoms with Gasteiger partial charge >= 0.3 is 0 Å². The topological polar surface area (TPSA) is 59.8 Å². The van der Waals surface area contributed by atoms with Crippen molar-refractivity contribution < 1.29 is 4.79 Å². The molecule has 2 heterocycles. The summed E-state index contributed by atoms with van der Waals surface area (Å²) in [6, 6.07) is 16.0. The number of carbonyl (C=O) groups is 1. The second kappa shape index (κ2) is 6.71. The van der Waals surface area contributed by atoms with E-state index in [0.29, 0.717) is 18.2 Å². The van der Waals surface area contributed by atoms with Crippen LogP contribution in [0.2, 0.25) is 0 Å². The Kier molecular flexibility index (Phi) is 4.16. The highest BCUT2D eigenvalue weighted by atomic mass is 79.9. The third kappa shape index (κ3) is 2.88. The van der Waals surface area contributed by atoms with Crippen LogP contribution in [0.5, 0.6) is 0 Å². The number of anilines is 1. The number of benzene rings is 2. The van der Waals surface area contributed by atoms with Gasteiger partial charge in [0.05, 0.1) is 0 Å². The number of hydrogen-bond donors (Lipinski definition) is 1. The van der Waals surface area contributed by atoms with E-state index >= 15 is 0 Å². The molecule has 0 bridgehead atoms. The molecule has 1 atom stereocenters. The van der Waals surface area contributed by atoms with Crippen LogP contribution in [0.25, 0.3) is 11.4 Å². The molecule has 0 saturated heterocycles. The van der Waals surface area contributed by atoms with Gasteiger partial charge in [0, 0.05) is 27.7 Å². The van der Waals surface area contributed by atoms with Crippen molar-refractivity contribution in [1.29, 1.82) is 0 Å². The smallest absolute Gasteiger partial charge is 0.226 e. The predicted molar refractivity (Wildman–Crippen MR) is 112 cm³/mol. The fraction of sp³-hybridized carbons (Fsp3) is 0.227. The van der Waals surface area contributed by atoms with E-state index in [4.69, 9.17) is 10.1 Å². The fourth-order valence-corrected chi connectivity index (χ4v) is 4.20. The van der Waals surface area contributed by atoms with Crippen molar-refractivity contribution >= 4 is 27.7 Å². The number of fused-ring (bicyclic) bond motifs is 1.